The fraction of sp³-hybridized carbons (Fsp3) is 0.600. The van der Waals surface area contributed by atoms with Crippen LogP contribution in [-0.4, -0.2) is 19.2 Å². The summed E-state index contributed by atoms with van der Waals surface area (Å²) in [5.41, 5.74) is -0.346. The molecule has 0 bridgehead atoms. The average Bonchev–Trinajstić information content (AvgIpc) is 2.25. The van der Waals surface area contributed by atoms with E-state index < -0.39 is 13.6 Å². The first-order chi connectivity index (χ1) is 7.91. The predicted octanol–water partition coefficient (Wildman–Crippen LogP) is 2.57. The molecule has 0 unspecified atom stereocenters. The minimum atomic E-state index is -3.74. The van der Waals surface area contributed by atoms with E-state index in [4.69, 9.17) is 19.0 Å². The minimum absolute atomic E-state index is 0.00886. The van der Waals surface area contributed by atoms with E-state index in [2.05, 4.69) is 0 Å². The van der Waals surface area contributed by atoms with Crippen LogP contribution in [0.3, 0.4) is 0 Å². The number of ether oxygens (including phenoxy) is 1. The van der Waals surface area contributed by atoms with Crippen LogP contribution in [0.5, 0.6) is 0 Å². The lowest BCUT2D eigenvalue weighted by Gasteiger charge is -2.19. The Balaban J connectivity index is 5.47. The van der Waals surface area contributed by atoms with Crippen molar-refractivity contribution in [2.45, 2.75) is 27.7 Å². The van der Waals surface area contributed by atoms with E-state index in [1.165, 1.54) is 6.92 Å². The number of nitriles is 1. The van der Waals surface area contributed by atoms with Gasteiger partial charge in [-0.05, 0) is 20.8 Å². The van der Waals surface area contributed by atoms with Crippen molar-refractivity contribution >= 4 is 13.6 Å². The summed E-state index contributed by atoms with van der Waals surface area (Å²) in [5, 5.41) is 8.79. The highest BCUT2D eigenvalue weighted by atomic mass is 31.2. The van der Waals surface area contributed by atoms with E-state index >= 15 is 0 Å². The molecule has 0 aliphatic rings. The van der Waals surface area contributed by atoms with Gasteiger partial charge in [-0.2, -0.15) is 5.26 Å². The van der Waals surface area contributed by atoms with Gasteiger partial charge < -0.3 is 13.8 Å². The quantitative estimate of drug-likeness (QED) is 0.316. The number of carbonyl (C=O) groups excluding carboxylic acids is 1. The number of nitrogens with zero attached hydrogens (tertiary/aromatic N) is 1. The molecule has 0 N–H and O–H groups in total. The van der Waals surface area contributed by atoms with E-state index in [0.717, 1.165) is 6.92 Å². The summed E-state index contributed by atoms with van der Waals surface area (Å²) in [6, 6.07) is 1.76. The van der Waals surface area contributed by atoms with Crippen molar-refractivity contribution in [3.63, 3.8) is 0 Å². The van der Waals surface area contributed by atoms with Gasteiger partial charge in [-0.3, -0.25) is 9.36 Å². The standard InChI is InChI=1S/C10H16NO5P/c1-5-14-17(13,15-6-2)10(8(3)7-11)16-9(4)12/h5-6H2,1-4H3/b10-8-. The van der Waals surface area contributed by atoms with Crippen LogP contribution in [0, 0.1) is 11.3 Å². The highest BCUT2D eigenvalue weighted by molar-refractivity contribution is 7.58. The van der Waals surface area contributed by atoms with Gasteiger partial charge in [0.2, 0.25) is 5.50 Å². The molecule has 0 rings (SSSR count). The largest absolute Gasteiger partial charge is 0.417 e. The van der Waals surface area contributed by atoms with Crippen LogP contribution in [0.4, 0.5) is 0 Å². The molecule has 0 aliphatic carbocycles. The summed E-state index contributed by atoms with van der Waals surface area (Å²) in [6.07, 6.45) is 0. The first kappa shape index (κ1) is 15.9. The van der Waals surface area contributed by atoms with Gasteiger partial charge in [-0.1, -0.05) is 0 Å². The second-order valence-electron chi connectivity index (χ2n) is 2.97. The molecule has 7 heteroatoms. The van der Waals surface area contributed by atoms with Crippen LogP contribution in [0.15, 0.2) is 11.1 Å². The van der Waals surface area contributed by atoms with Gasteiger partial charge in [0, 0.05) is 6.92 Å². The third-order valence-corrected chi connectivity index (χ3v) is 3.70. The molecule has 0 radical (unpaired) electrons. The SMILES string of the molecule is CCOP(=O)(OCC)/C(OC(C)=O)=C(/C)C#N. The number of esters is 1. The normalized spacial score (nSPS) is 12.6. The first-order valence-corrected chi connectivity index (χ1v) is 6.64. The van der Waals surface area contributed by atoms with Crippen molar-refractivity contribution in [2.75, 3.05) is 13.2 Å². The predicted molar refractivity (Wildman–Crippen MR) is 60.9 cm³/mol. The molecule has 0 heterocycles. The van der Waals surface area contributed by atoms with Crippen molar-refractivity contribution in [3.8, 4) is 6.07 Å². The Kier molecular flexibility index (Phi) is 6.74. The van der Waals surface area contributed by atoms with Gasteiger partial charge >= 0.3 is 13.6 Å². The van der Waals surface area contributed by atoms with Crippen LogP contribution < -0.4 is 0 Å². The molecular formula is C10H16NO5P. The first-order valence-electron chi connectivity index (χ1n) is 5.10. The number of rotatable bonds is 6. The highest BCUT2D eigenvalue weighted by Crippen LogP contribution is 2.57. The summed E-state index contributed by atoms with van der Waals surface area (Å²) in [7, 11) is -3.74. The maximum absolute atomic E-state index is 12.3. The van der Waals surface area contributed by atoms with E-state index in [0.29, 0.717) is 0 Å². The molecular weight excluding hydrogens is 245 g/mol. The van der Waals surface area contributed by atoms with Crippen LogP contribution in [-0.2, 0) is 23.1 Å². The van der Waals surface area contributed by atoms with Crippen molar-refractivity contribution in [3.05, 3.63) is 11.1 Å². The maximum Gasteiger partial charge on any atom is 0.397 e. The molecule has 0 saturated carbocycles. The van der Waals surface area contributed by atoms with E-state index in [1.54, 1.807) is 19.9 Å². The molecule has 0 aromatic heterocycles. The van der Waals surface area contributed by atoms with E-state index in [9.17, 15) is 9.36 Å². The Morgan fingerprint density at radius 2 is 1.71 bits per heavy atom. The second-order valence-corrected chi connectivity index (χ2v) is 4.89. The van der Waals surface area contributed by atoms with Crippen molar-refractivity contribution < 1.29 is 23.1 Å². The highest BCUT2D eigenvalue weighted by Gasteiger charge is 2.35. The molecule has 6 nitrogen and oxygen atoms in total. The maximum atomic E-state index is 12.3. The second kappa shape index (κ2) is 7.23. The van der Waals surface area contributed by atoms with Gasteiger partial charge in [0.05, 0.1) is 24.9 Å². The molecule has 17 heavy (non-hydrogen) atoms. The zero-order valence-corrected chi connectivity index (χ0v) is 11.2. The Bertz CT molecular complexity index is 386. The zero-order valence-electron chi connectivity index (χ0n) is 10.3. The number of hydrogen-bond acceptors (Lipinski definition) is 6. The Morgan fingerprint density at radius 1 is 1.24 bits per heavy atom. The summed E-state index contributed by atoms with van der Waals surface area (Å²) in [4.78, 5) is 10.9. The van der Waals surface area contributed by atoms with E-state index in [-0.39, 0.29) is 24.3 Å². The van der Waals surface area contributed by atoms with Crippen molar-refractivity contribution in [1.82, 2.24) is 0 Å². The lowest BCUT2D eigenvalue weighted by atomic mass is 10.4. The lowest BCUT2D eigenvalue weighted by Crippen LogP contribution is -2.07. The number of carbonyl (C=O) groups is 1. The van der Waals surface area contributed by atoms with Crippen molar-refractivity contribution in [2.24, 2.45) is 0 Å². The van der Waals surface area contributed by atoms with Gasteiger partial charge in [0.15, 0.2) is 0 Å². The van der Waals surface area contributed by atoms with Crippen LogP contribution >= 0.6 is 7.60 Å². The minimum Gasteiger partial charge on any atom is -0.417 e. The molecule has 0 amide bonds. The molecule has 0 atom stereocenters. The van der Waals surface area contributed by atoms with Gasteiger partial charge in [0.1, 0.15) is 0 Å². The lowest BCUT2D eigenvalue weighted by molar-refractivity contribution is -0.136. The molecule has 0 aromatic rings. The summed E-state index contributed by atoms with van der Waals surface area (Å²) in [5.74, 6) is -0.686. The monoisotopic (exact) mass is 261 g/mol. The fourth-order valence-electron chi connectivity index (χ4n) is 1.02. The summed E-state index contributed by atoms with van der Waals surface area (Å²) >= 11 is 0. The molecule has 0 spiro atoms. The average molecular weight is 261 g/mol. The topological polar surface area (TPSA) is 85.6 Å². The summed E-state index contributed by atoms with van der Waals surface area (Å²) in [6.45, 7) is 5.99. The van der Waals surface area contributed by atoms with E-state index in [1.807, 2.05) is 0 Å². The molecule has 0 fully saturated rings. The van der Waals surface area contributed by atoms with Crippen LogP contribution in [0.25, 0.3) is 0 Å². The Morgan fingerprint density at radius 3 is 2.00 bits per heavy atom. The summed E-state index contributed by atoms with van der Waals surface area (Å²) < 4.78 is 27.1. The van der Waals surface area contributed by atoms with Gasteiger partial charge in [-0.15, -0.1) is 0 Å². The van der Waals surface area contributed by atoms with Crippen molar-refractivity contribution in [1.29, 1.82) is 5.26 Å². The number of hydrogen-bond donors (Lipinski definition) is 0. The molecule has 0 saturated heterocycles. The van der Waals surface area contributed by atoms with Gasteiger partial charge in [0.25, 0.3) is 0 Å². The van der Waals surface area contributed by atoms with Gasteiger partial charge in [-0.25, -0.2) is 0 Å². The third-order valence-electron chi connectivity index (χ3n) is 1.58. The fourth-order valence-corrected chi connectivity index (χ4v) is 2.71. The number of allylic oxidation sites excluding steroid dienone is 1. The smallest absolute Gasteiger partial charge is 0.397 e. The molecule has 0 aromatic carbocycles. The Labute approximate surface area is 101 Å². The molecule has 0 aliphatic heterocycles. The third kappa shape index (κ3) is 4.70. The molecule has 96 valence electrons. The van der Waals surface area contributed by atoms with Crippen LogP contribution in [0.2, 0.25) is 0 Å². The zero-order chi connectivity index (χ0) is 13.5. The van der Waals surface area contributed by atoms with Crippen LogP contribution in [0.1, 0.15) is 27.7 Å². The Hall–Kier alpha value is -1.15.